The third kappa shape index (κ3) is 4.53. The molecule has 2 N–H and O–H groups in total. The molecule has 0 atom stereocenters. The molecule has 2 amide bonds. The van der Waals surface area contributed by atoms with Crippen LogP contribution in [0.15, 0.2) is 24.3 Å². The number of hydrogen-bond acceptors (Lipinski definition) is 2. The molecule has 0 spiro atoms. The van der Waals surface area contributed by atoms with Crippen LogP contribution in [-0.4, -0.2) is 37.6 Å². The van der Waals surface area contributed by atoms with Crippen LogP contribution >= 0.6 is 0 Å². The lowest BCUT2D eigenvalue weighted by atomic mass is 9.94. The number of nitrogens with one attached hydrogen (secondary N) is 2. The first-order valence-electron chi connectivity index (χ1n) is 7.44. The molecule has 1 heterocycles. The number of benzene rings is 1. The van der Waals surface area contributed by atoms with Gasteiger partial charge in [0.1, 0.15) is 0 Å². The Morgan fingerprint density at radius 1 is 1.40 bits per heavy atom. The van der Waals surface area contributed by atoms with Gasteiger partial charge in [-0.2, -0.15) is 0 Å². The third-order valence-corrected chi connectivity index (χ3v) is 3.95. The van der Waals surface area contributed by atoms with E-state index in [-0.39, 0.29) is 6.03 Å². The van der Waals surface area contributed by atoms with E-state index in [1.165, 1.54) is 12.8 Å². The van der Waals surface area contributed by atoms with E-state index >= 15 is 0 Å². The highest BCUT2D eigenvalue weighted by molar-refractivity contribution is 5.89. The number of piperidine rings is 1. The molecule has 1 fully saturated rings. The van der Waals surface area contributed by atoms with Crippen LogP contribution in [0.3, 0.4) is 0 Å². The molecule has 0 aromatic heterocycles. The van der Waals surface area contributed by atoms with E-state index in [0.29, 0.717) is 0 Å². The maximum absolute atomic E-state index is 12.1. The predicted molar refractivity (Wildman–Crippen MR) is 83.0 cm³/mol. The summed E-state index contributed by atoms with van der Waals surface area (Å²) in [4.78, 5) is 13.9. The largest absolute Gasteiger partial charge is 0.328 e. The fourth-order valence-electron chi connectivity index (χ4n) is 2.59. The van der Waals surface area contributed by atoms with Crippen LogP contribution < -0.4 is 10.6 Å². The van der Waals surface area contributed by atoms with Crippen molar-refractivity contribution in [1.29, 1.82) is 0 Å². The van der Waals surface area contributed by atoms with E-state index in [1.807, 2.05) is 38.2 Å². The Hall–Kier alpha value is -1.55. The van der Waals surface area contributed by atoms with E-state index in [1.54, 1.807) is 4.90 Å². The third-order valence-electron chi connectivity index (χ3n) is 3.95. The molecule has 1 aromatic carbocycles. The number of rotatable bonds is 4. The molecule has 4 heteroatoms. The molecule has 1 saturated heterocycles. The van der Waals surface area contributed by atoms with Crippen molar-refractivity contribution in [3.63, 3.8) is 0 Å². The first-order valence-corrected chi connectivity index (χ1v) is 7.44. The van der Waals surface area contributed by atoms with Gasteiger partial charge in [0.2, 0.25) is 0 Å². The van der Waals surface area contributed by atoms with Crippen molar-refractivity contribution in [3.8, 4) is 0 Å². The number of urea groups is 1. The fraction of sp³-hybridized carbons (Fsp3) is 0.562. The maximum atomic E-state index is 12.1. The highest BCUT2D eigenvalue weighted by atomic mass is 16.2. The molecule has 110 valence electrons. The molecule has 1 aliphatic heterocycles. The van der Waals surface area contributed by atoms with E-state index in [2.05, 4.69) is 10.6 Å². The Morgan fingerprint density at radius 2 is 2.15 bits per heavy atom. The van der Waals surface area contributed by atoms with Gasteiger partial charge in [-0.3, -0.25) is 0 Å². The van der Waals surface area contributed by atoms with Crippen molar-refractivity contribution < 1.29 is 4.79 Å². The highest BCUT2D eigenvalue weighted by Gasteiger charge is 2.15. The van der Waals surface area contributed by atoms with Crippen LogP contribution in [0, 0.1) is 12.8 Å². The number of nitrogens with zero attached hydrogens (tertiary/aromatic N) is 1. The number of amides is 2. The predicted octanol–water partition coefficient (Wildman–Crippen LogP) is 2.85. The number of anilines is 1. The second-order valence-electron chi connectivity index (χ2n) is 5.70. The summed E-state index contributed by atoms with van der Waals surface area (Å²) in [6.07, 6.45) is 3.56. The minimum atomic E-state index is -0.0236. The van der Waals surface area contributed by atoms with Gasteiger partial charge in [-0.25, -0.2) is 4.79 Å². The van der Waals surface area contributed by atoms with E-state index in [0.717, 1.165) is 43.2 Å². The fourth-order valence-corrected chi connectivity index (χ4v) is 2.59. The molecule has 0 aliphatic carbocycles. The zero-order valence-electron chi connectivity index (χ0n) is 12.5. The van der Waals surface area contributed by atoms with Crippen molar-refractivity contribution in [1.82, 2.24) is 10.2 Å². The quantitative estimate of drug-likeness (QED) is 0.887. The average molecular weight is 275 g/mol. The molecule has 0 bridgehead atoms. The molecule has 2 rings (SSSR count). The van der Waals surface area contributed by atoms with Gasteiger partial charge in [-0.05, 0) is 62.9 Å². The molecular formula is C16H25N3O. The molecule has 20 heavy (non-hydrogen) atoms. The van der Waals surface area contributed by atoms with Gasteiger partial charge in [0.15, 0.2) is 0 Å². The minimum absolute atomic E-state index is 0.0236. The lowest BCUT2D eigenvalue weighted by Gasteiger charge is -2.25. The molecule has 4 nitrogen and oxygen atoms in total. The molecule has 0 unspecified atom stereocenters. The topological polar surface area (TPSA) is 44.4 Å². The molecule has 0 saturated carbocycles. The van der Waals surface area contributed by atoms with Crippen LogP contribution in [0.2, 0.25) is 0 Å². The van der Waals surface area contributed by atoms with Crippen LogP contribution in [0.5, 0.6) is 0 Å². The Kier molecular flexibility index (Phi) is 5.41. The number of carbonyl (C=O) groups excluding carboxylic acids is 1. The van der Waals surface area contributed by atoms with Gasteiger partial charge in [0.25, 0.3) is 0 Å². The first kappa shape index (κ1) is 14.9. The summed E-state index contributed by atoms with van der Waals surface area (Å²) in [6.45, 7) is 5.08. The van der Waals surface area contributed by atoms with Crippen LogP contribution in [0.1, 0.15) is 24.8 Å². The summed E-state index contributed by atoms with van der Waals surface area (Å²) in [5.41, 5.74) is 2.02. The maximum Gasteiger partial charge on any atom is 0.321 e. The first-order chi connectivity index (χ1) is 9.65. The second-order valence-corrected chi connectivity index (χ2v) is 5.70. The lowest BCUT2D eigenvalue weighted by Crippen LogP contribution is -2.34. The number of aryl methyl sites for hydroxylation is 1. The van der Waals surface area contributed by atoms with Crippen molar-refractivity contribution in [2.24, 2.45) is 5.92 Å². The highest BCUT2D eigenvalue weighted by Crippen LogP contribution is 2.16. The van der Waals surface area contributed by atoms with Gasteiger partial charge in [-0.15, -0.1) is 0 Å². The van der Waals surface area contributed by atoms with Crippen molar-refractivity contribution in [2.75, 3.05) is 32.0 Å². The number of carbonyl (C=O) groups is 1. The smallest absolute Gasteiger partial charge is 0.321 e. The second kappa shape index (κ2) is 7.29. The Bertz CT molecular complexity index is 441. The zero-order valence-corrected chi connectivity index (χ0v) is 12.5. The zero-order chi connectivity index (χ0) is 14.4. The Morgan fingerprint density at radius 3 is 2.85 bits per heavy atom. The van der Waals surface area contributed by atoms with Crippen LogP contribution in [0.25, 0.3) is 0 Å². The molecular weight excluding hydrogens is 250 g/mol. The van der Waals surface area contributed by atoms with Crippen molar-refractivity contribution in [3.05, 3.63) is 29.8 Å². The minimum Gasteiger partial charge on any atom is -0.328 e. The van der Waals surface area contributed by atoms with E-state index in [9.17, 15) is 4.79 Å². The monoisotopic (exact) mass is 275 g/mol. The summed E-state index contributed by atoms with van der Waals surface area (Å²) in [7, 11) is 1.87. The molecule has 1 aromatic rings. The van der Waals surface area contributed by atoms with Crippen LogP contribution in [0.4, 0.5) is 10.5 Å². The van der Waals surface area contributed by atoms with Crippen molar-refractivity contribution in [2.45, 2.75) is 26.2 Å². The molecule has 0 radical (unpaired) electrons. The SMILES string of the molecule is Cc1cccc(NC(=O)N(C)CCC2CCNCC2)c1. The van der Waals surface area contributed by atoms with Gasteiger partial charge >= 0.3 is 6.03 Å². The number of hydrogen-bond donors (Lipinski definition) is 2. The summed E-state index contributed by atoms with van der Waals surface area (Å²) < 4.78 is 0. The van der Waals surface area contributed by atoms with Gasteiger partial charge in [0.05, 0.1) is 0 Å². The summed E-state index contributed by atoms with van der Waals surface area (Å²) in [5, 5.41) is 6.32. The Balaban J connectivity index is 1.76. The standard InChI is InChI=1S/C16H25N3O/c1-13-4-3-5-15(12-13)18-16(20)19(2)11-8-14-6-9-17-10-7-14/h3-5,12,14,17H,6-11H2,1-2H3,(H,18,20). The van der Waals surface area contributed by atoms with Gasteiger partial charge in [0, 0.05) is 19.3 Å². The average Bonchev–Trinajstić information content (AvgIpc) is 2.46. The van der Waals surface area contributed by atoms with Crippen LogP contribution in [-0.2, 0) is 0 Å². The normalized spacial score (nSPS) is 15.9. The summed E-state index contributed by atoms with van der Waals surface area (Å²) in [6, 6.07) is 7.87. The molecule has 1 aliphatic rings. The van der Waals surface area contributed by atoms with Gasteiger partial charge in [-0.1, -0.05) is 12.1 Å². The van der Waals surface area contributed by atoms with Crippen molar-refractivity contribution >= 4 is 11.7 Å². The van der Waals surface area contributed by atoms with E-state index in [4.69, 9.17) is 0 Å². The Labute approximate surface area is 121 Å². The summed E-state index contributed by atoms with van der Waals surface area (Å²) in [5.74, 6) is 0.755. The summed E-state index contributed by atoms with van der Waals surface area (Å²) >= 11 is 0. The lowest BCUT2D eigenvalue weighted by molar-refractivity contribution is 0.216. The van der Waals surface area contributed by atoms with Gasteiger partial charge < -0.3 is 15.5 Å². The van der Waals surface area contributed by atoms with E-state index < -0.39 is 0 Å².